The van der Waals surface area contributed by atoms with Crippen molar-refractivity contribution < 1.29 is 4.74 Å². The summed E-state index contributed by atoms with van der Waals surface area (Å²) in [7, 11) is 0. The summed E-state index contributed by atoms with van der Waals surface area (Å²) in [5.41, 5.74) is 1.34. The molecule has 1 fully saturated rings. The van der Waals surface area contributed by atoms with E-state index in [9.17, 15) is 0 Å². The number of allylic oxidation sites excluding steroid dienone is 1. The summed E-state index contributed by atoms with van der Waals surface area (Å²) in [4.78, 5) is 0. The molecule has 1 aliphatic carbocycles. The largest absolute Gasteiger partial charge is 0.374 e. The van der Waals surface area contributed by atoms with Gasteiger partial charge >= 0.3 is 0 Å². The van der Waals surface area contributed by atoms with Crippen LogP contribution in [-0.4, -0.2) is 24.8 Å². The van der Waals surface area contributed by atoms with Crippen LogP contribution >= 0.6 is 0 Å². The van der Waals surface area contributed by atoms with Crippen LogP contribution in [0.15, 0.2) is 12.2 Å². The lowest BCUT2D eigenvalue weighted by Gasteiger charge is -2.45. The molecular formula is C18H35NO. The minimum Gasteiger partial charge on any atom is -0.374 e. The van der Waals surface area contributed by atoms with Crippen molar-refractivity contribution in [2.24, 2.45) is 5.92 Å². The van der Waals surface area contributed by atoms with E-state index in [-0.39, 0.29) is 5.60 Å². The molecule has 0 aliphatic heterocycles. The third-order valence-corrected chi connectivity index (χ3v) is 4.69. The van der Waals surface area contributed by atoms with Gasteiger partial charge in [-0.15, -0.1) is 6.58 Å². The number of hydrogen-bond donors (Lipinski definition) is 1. The van der Waals surface area contributed by atoms with Crippen molar-refractivity contribution in [1.29, 1.82) is 0 Å². The molecule has 1 rings (SSSR count). The summed E-state index contributed by atoms with van der Waals surface area (Å²) in [6, 6.07) is 0.478. The molecule has 2 nitrogen and oxygen atoms in total. The molecule has 0 saturated heterocycles. The summed E-state index contributed by atoms with van der Waals surface area (Å²) >= 11 is 0. The molecule has 1 aliphatic rings. The van der Waals surface area contributed by atoms with Crippen molar-refractivity contribution >= 4 is 0 Å². The first-order chi connectivity index (χ1) is 9.54. The highest BCUT2D eigenvalue weighted by Gasteiger charge is 2.41. The van der Waals surface area contributed by atoms with Gasteiger partial charge in [-0.2, -0.15) is 0 Å². The lowest BCUT2D eigenvalue weighted by atomic mass is 9.74. The van der Waals surface area contributed by atoms with Gasteiger partial charge in [0.25, 0.3) is 0 Å². The molecule has 1 atom stereocenters. The molecular weight excluding hydrogens is 246 g/mol. The molecule has 0 aromatic heterocycles. The molecule has 1 N–H and O–H groups in total. The minimum atomic E-state index is 0.0614. The first-order valence-corrected chi connectivity index (χ1v) is 8.55. The van der Waals surface area contributed by atoms with Gasteiger partial charge in [-0.05, 0) is 71.3 Å². The Labute approximate surface area is 126 Å². The van der Waals surface area contributed by atoms with Gasteiger partial charge in [0, 0.05) is 12.6 Å². The fourth-order valence-electron chi connectivity index (χ4n) is 3.39. The van der Waals surface area contributed by atoms with E-state index in [0.29, 0.717) is 6.04 Å². The molecule has 0 bridgehead atoms. The van der Waals surface area contributed by atoms with Crippen molar-refractivity contribution in [3.8, 4) is 0 Å². The summed E-state index contributed by atoms with van der Waals surface area (Å²) in [5, 5.41) is 3.77. The predicted molar refractivity (Wildman–Crippen MR) is 88.1 cm³/mol. The summed E-state index contributed by atoms with van der Waals surface area (Å²) in [5.74, 6) is 0.858. The minimum absolute atomic E-state index is 0.0614. The standard InChI is InChI=1S/C18H35NO/c1-6-14-19-17(9-8-15(3)4)18(20-7-2)12-10-16(5)11-13-18/h16-17,19H,3,6-14H2,1-2,4-5H3. The zero-order valence-corrected chi connectivity index (χ0v) is 14.1. The number of nitrogens with one attached hydrogen (secondary N) is 1. The second-order valence-corrected chi connectivity index (χ2v) is 6.68. The fourth-order valence-corrected chi connectivity index (χ4v) is 3.39. The molecule has 1 unspecified atom stereocenters. The third-order valence-electron chi connectivity index (χ3n) is 4.69. The lowest BCUT2D eigenvalue weighted by Crippen LogP contribution is -2.54. The molecule has 0 aromatic carbocycles. The Morgan fingerprint density at radius 3 is 2.50 bits per heavy atom. The van der Waals surface area contributed by atoms with Gasteiger partial charge in [0.2, 0.25) is 0 Å². The van der Waals surface area contributed by atoms with Crippen LogP contribution in [0.2, 0.25) is 0 Å². The maximum absolute atomic E-state index is 6.32. The van der Waals surface area contributed by atoms with Crippen molar-refractivity contribution in [2.75, 3.05) is 13.2 Å². The van der Waals surface area contributed by atoms with Gasteiger partial charge in [-0.1, -0.05) is 19.4 Å². The molecule has 1 saturated carbocycles. The molecule has 0 heterocycles. The van der Waals surface area contributed by atoms with Crippen LogP contribution < -0.4 is 5.32 Å². The Balaban J connectivity index is 2.76. The Morgan fingerprint density at radius 1 is 1.35 bits per heavy atom. The third kappa shape index (κ3) is 5.21. The van der Waals surface area contributed by atoms with E-state index in [0.717, 1.165) is 31.9 Å². The first-order valence-electron chi connectivity index (χ1n) is 8.55. The van der Waals surface area contributed by atoms with Crippen molar-refractivity contribution in [2.45, 2.75) is 84.3 Å². The van der Waals surface area contributed by atoms with E-state index in [4.69, 9.17) is 4.74 Å². The van der Waals surface area contributed by atoms with E-state index in [1.165, 1.54) is 37.7 Å². The summed E-state index contributed by atoms with van der Waals surface area (Å²) in [6.07, 6.45) is 8.46. The zero-order chi connectivity index (χ0) is 15.0. The van der Waals surface area contributed by atoms with Crippen LogP contribution in [0.3, 0.4) is 0 Å². The molecule has 118 valence electrons. The van der Waals surface area contributed by atoms with Gasteiger partial charge < -0.3 is 10.1 Å². The first kappa shape index (κ1) is 17.7. The van der Waals surface area contributed by atoms with Gasteiger partial charge in [0.1, 0.15) is 0 Å². The highest BCUT2D eigenvalue weighted by atomic mass is 16.5. The Morgan fingerprint density at radius 2 is 2.00 bits per heavy atom. The number of rotatable bonds is 9. The highest BCUT2D eigenvalue weighted by molar-refractivity contribution is 4.99. The second kappa shape index (κ2) is 8.84. The summed E-state index contributed by atoms with van der Waals surface area (Å²) in [6.45, 7) is 14.9. The maximum atomic E-state index is 6.32. The number of hydrogen-bond acceptors (Lipinski definition) is 2. The van der Waals surface area contributed by atoms with Crippen LogP contribution in [0.1, 0.15) is 72.6 Å². The monoisotopic (exact) mass is 281 g/mol. The molecule has 0 amide bonds. The second-order valence-electron chi connectivity index (χ2n) is 6.68. The lowest BCUT2D eigenvalue weighted by molar-refractivity contribution is -0.0976. The number of ether oxygens (including phenoxy) is 1. The van der Waals surface area contributed by atoms with Gasteiger partial charge in [0.15, 0.2) is 0 Å². The average molecular weight is 281 g/mol. The van der Waals surface area contributed by atoms with Crippen molar-refractivity contribution in [1.82, 2.24) is 5.32 Å². The Bertz CT molecular complexity index is 279. The summed E-state index contributed by atoms with van der Waals surface area (Å²) < 4.78 is 6.32. The van der Waals surface area contributed by atoms with E-state index < -0.39 is 0 Å². The Kier molecular flexibility index (Phi) is 7.83. The van der Waals surface area contributed by atoms with Gasteiger partial charge in [0.05, 0.1) is 5.60 Å². The Hall–Kier alpha value is -0.340. The predicted octanol–water partition coefficient (Wildman–Crippen LogP) is 4.70. The molecule has 0 aromatic rings. The van der Waals surface area contributed by atoms with Gasteiger partial charge in [-0.25, -0.2) is 0 Å². The SMILES string of the molecule is C=C(C)CCC(NCCC)C1(OCC)CCC(C)CC1. The highest BCUT2D eigenvalue weighted by Crippen LogP contribution is 2.38. The van der Waals surface area contributed by atoms with Crippen LogP contribution in [0, 0.1) is 5.92 Å². The average Bonchev–Trinajstić information content (AvgIpc) is 2.42. The molecule has 20 heavy (non-hydrogen) atoms. The van der Waals surface area contributed by atoms with E-state index in [2.05, 4.69) is 39.6 Å². The quantitative estimate of drug-likeness (QED) is 0.619. The van der Waals surface area contributed by atoms with Crippen molar-refractivity contribution in [3.63, 3.8) is 0 Å². The topological polar surface area (TPSA) is 21.3 Å². The molecule has 2 heteroatoms. The normalized spacial score (nSPS) is 28.3. The van der Waals surface area contributed by atoms with E-state index in [1.807, 2.05) is 0 Å². The van der Waals surface area contributed by atoms with E-state index in [1.54, 1.807) is 0 Å². The van der Waals surface area contributed by atoms with Crippen LogP contribution in [0.4, 0.5) is 0 Å². The van der Waals surface area contributed by atoms with Crippen LogP contribution in [-0.2, 0) is 4.74 Å². The van der Waals surface area contributed by atoms with Crippen LogP contribution in [0.25, 0.3) is 0 Å². The van der Waals surface area contributed by atoms with Crippen LogP contribution in [0.5, 0.6) is 0 Å². The maximum Gasteiger partial charge on any atom is 0.0834 e. The molecule has 0 radical (unpaired) electrons. The zero-order valence-electron chi connectivity index (χ0n) is 14.1. The smallest absolute Gasteiger partial charge is 0.0834 e. The van der Waals surface area contributed by atoms with Crippen molar-refractivity contribution in [3.05, 3.63) is 12.2 Å². The van der Waals surface area contributed by atoms with E-state index >= 15 is 0 Å². The fraction of sp³-hybridized carbons (Fsp3) is 0.889. The molecule has 0 spiro atoms. The van der Waals surface area contributed by atoms with Gasteiger partial charge in [-0.3, -0.25) is 0 Å².